The second kappa shape index (κ2) is 8.13. The van der Waals surface area contributed by atoms with Crippen LogP contribution in [0.4, 0.5) is 10.1 Å². The molecule has 30 heavy (non-hydrogen) atoms. The number of ketones is 1. The third kappa shape index (κ3) is 3.89. The fraction of sp³-hybridized carbons (Fsp3) is 0.0417. The molecule has 0 fully saturated rings. The maximum absolute atomic E-state index is 13.1. The molecule has 0 atom stereocenters. The van der Waals surface area contributed by atoms with Crippen LogP contribution < -0.4 is 10.7 Å². The molecule has 0 radical (unpaired) electrons. The van der Waals surface area contributed by atoms with Gasteiger partial charge in [0.2, 0.25) is 11.3 Å². The van der Waals surface area contributed by atoms with Crippen LogP contribution >= 0.6 is 0 Å². The van der Waals surface area contributed by atoms with E-state index in [2.05, 4.69) is 5.32 Å². The first kappa shape index (κ1) is 19.3. The van der Waals surface area contributed by atoms with Gasteiger partial charge in [-0.05, 0) is 36.4 Å². The molecule has 0 saturated carbocycles. The summed E-state index contributed by atoms with van der Waals surface area (Å²) in [5.74, 6) is -1.17. The van der Waals surface area contributed by atoms with Crippen molar-refractivity contribution in [2.24, 2.45) is 0 Å². The third-order valence-corrected chi connectivity index (χ3v) is 4.71. The van der Waals surface area contributed by atoms with E-state index in [4.69, 9.17) is 0 Å². The number of nitrogens with one attached hydrogen (secondary N) is 1. The highest BCUT2D eigenvalue weighted by Gasteiger charge is 2.18. The summed E-state index contributed by atoms with van der Waals surface area (Å²) in [5.41, 5.74) is 1.00. The average molecular weight is 400 g/mol. The Hall–Kier alpha value is -4.06. The Morgan fingerprint density at radius 3 is 2.27 bits per heavy atom. The van der Waals surface area contributed by atoms with Crippen LogP contribution in [0.2, 0.25) is 0 Å². The van der Waals surface area contributed by atoms with E-state index in [1.54, 1.807) is 59.2 Å². The predicted molar refractivity (Wildman–Crippen MR) is 113 cm³/mol. The predicted octanol–water partition coefficient (Wildman–Crippen LogP) is 4.01. The highest BCUT2D eigenvalue weighted by Crippen LogP contribution is 2.15. The van der Waals surface area contributed by atoms with Gasteiger partial charge in [-0.2, -0.15) is 0 Å². The van der Waals surface area contributed by atoms with Crippen LogP contribution in [0.3, 0.4) is 0 Å². The third-order valence-electron chi connectivity index (χ3n) is 4.71. The summed E-state index contributed by atoms with van der Waals surface area (Å²) in [4.78, 5) is 38.4. The zero-order chi connectivity index (χ0) is 21.1. The zero-order valence-electron chi connectivity index (χ0n) is 15.8. The lowest BCUT2D eigenvalue weighted by atomic mass is 10.0. The summed E-state index contributed by atoms with van der Waals surface area (Å²) >= 11 is 0. The van der Waals surface area contributed by atoms with E-state index in [0.29, 0.717) is 22.2 Å². The number of halogens is 1. The number of amides is 1. The summed E-state index contributed by atoms with van der Waals surface area (Å²) in [7, 11) is 0. The van der Waals surface area contributed by atoms with E-state index < -0.39 is 11.6 Å². The van der Waals surface area contributed by atoms with Crippen molar-refractivity contribution in [1.82, 2.24) is 4.57 Å². The van der Waals surface area contributed by atoms with Crippen molar-refractivity contribution in [2.75, 3.05) is 5.32 Å². The second-order valence-corrected chi connectivity index (χ2v) is 6.77. The van der Waals surface area contributed by atoms with Gasteiger partial charge in [-0.3, -0.25) is 14.4 Å². The maximum Gasteiger partial charge on any atom is 0.244 e. The van der Waals surface area contributed by atoms with Crippen molar-refractivity contribution in [3.63, 3.8) is 0 Å². The molecule has 6 heteroatoms. The molecule has 5 nitrogen and oxygen atoms in total. The smallest absolute Gasteiger partial charge is 0.244 e. The molecule has 1 aromatic heterocycles. The fourth-order valence-electron chi connectivity index (χ4n) is 3.27. The van der Waals surface area contributed by atoms with E-state index in [9.17, 15) is 18.8 Å². The van der Waals surface area contributed by atoms with Gasteiger partial charge in [0.05, 0.1) is 11.1 Å². The van der Waals surface area contributed by atoms with Gasteiger partial charge in [-0.25, -0.2) is 4.39 Å². The number of para-hydroxylation sites is 1. The first-order valence-corrected chi connectivity index (χ1v) is 9.30. The molecule has 1 heterocycles. The first-order valence-electron chi connectivity index (χ1n) is 9.30. The molecule has 3 aromatic carbocycles. The number of pyridine rings is 1. The summed E-state index contributed by atoms with van der Waals surface area (Å²) in [6, 6.07) is 20.8. The van der Waals surface area contributed by atoms with Crippen LogP contribution in [0.1, 0.15) is 15.9 Å². The average Bonchev–Trinajstić information content (AvgIpc) is 2.77. The van der Waals surface area contributed by atoms with Crippen LogP contribution in [0, 0.1) is 5.82 Å². The number of aromatic nitrogens is 1. The van der Waals surface area contributed by atoms with Gasteiger partial charge in [0.25, 0.3) is 0 Å². The molecule has 148 valence electrons. The molecule has 0 unspecified atom stereocenters. The maximum atomic E-state index is 13.1. The number of carbonyl (C=O) groups is 2. The minimum absolute atomic E-state index is 0.00511. The molecular weight excluding hydrogens is 383 g/mol. The van der Waals surface area contributed by atoms with E-state index >= 15 is 0 Å². The van der Waals surface area contributed by atoms with Crippen LogP contribution in [0.15, 0.2) is 89.9 Å². The Labute approximate surface area is 171 Å². The largest absolute Gasteiger partial charge is 0.337 e. The van der Waals surface area contributed by atoms with Gasteiger partial charge >= 0.3 is 0 Å². The summed E-state index contributed by atoms with van der Waals surface area (Å²) in [5, 5.41) is 3.04. The molecule has 0 aliphatic rings. The van der Waals surface area contributed by atoms with Gasteiger partial charge in [-0.15, -0.1) is 0 Å². The number of anilines is 1. The Morgan fingerprint density at radius 2 is 1.53 bits per heavy atom. The van der Waals surface area contributed by atoms with E-state index in [1.165, 1.54) is 30.5 Å². The van der Waals surface area contributed by atoms with E-state index in [0.717, 1.165) is 0 Å². The summed E-state index contributed by atoms with van der Waals surface area (Å²) < 4.78 is 14.6. The summed E-state index contributed by atoms with van der Waals surface area (Å²) in [6.45, 7) is -0.118. The molecule has 0 aliphatic heterocycles. The molecule has 4 rings (SSSR count). The van der Waals surface area contributed by atoms with Gasteiger partial charge in [0.1, 0.15) is 12.4 Å². The van der Waals surface area contributed by atoms with Crippen molar-refractivity contribution in [1.29, 1.82) is 0 Å². The molecular formula is C24H17FN2O3. The van der Waals surface area contributed by atoms with Crippen molar-refractivity contribution in [3.05, 3.63) is 112 Å². The van der Waals surface area contributed by atoms with Gasteiger partial charge in [-0.1, -0.05) is 42.5 Å². The number of rotatable bonds is 5. The number of benzene rings is 3. The van der Waals surface area contributed by atoms with Crippen LogP contribution in [-0.2, 0) is 11.3 Å². The standard InChI is InChI=1S/C24H17FN2O3/c25-17-10-12-18(13-11-17)26-22(28)15-27-14-20(23(29)16-6-2-1-3-7-16)24(30)19-8-4-5-9-21(19)27/h1-14H,15H2,(H,26,28). The lowest BCUT2D eigenvalue weighted by molar-refractivity contribution is -0.116. The Balaban J connectivity index is 1.72. The molecule has 0 saturated heterocycles. The monoisotopic (exact) mass is 400 g/mol. The van der Waals surface area contributed by atoms with Gasteiger partial charge in [0, 0.05) is 22.8 Å². The van der Waals surface area contributed by atoms with Crippen molar-refractivity contribution in [3.8, 4) is 0 Å². The Kier molecular flexibility index (Phi) is 5.22. The number of carbonyl (C=O) groups excluding carboxylic acids is 2. The normalized spacial score (nSPS) is 10.7. The van der Waals surface area contributed by atoms with Gasteiger partial charge in [0.15, 0.2) is 5.78 Å². The van der Waals surface area contributed by atoms with E-state index in [1.807, 2.05) is 0 Å². The molecule has 1 N–H and O–H groups in total. The van der Waals surface area contributed by atoms with Crippen LogP contribution in [-0.4, -0.2) is 16.3 Å². The molecule has 0 bridgehead atoms. The second-order valence-electron chi connectivity index (χ2n) is 6.77. The van der Waals surface area contributed by atoms with Crippen molar-refractivity contribution >= 4 is 28.3 Å². The quantitative estimate of drug-likeness (QED) is 0.515. The molecule has 0 aliphatic carbocycles. The number of hydrogen-bond donors (Lipinski definition) is 1. The minimum atomic E-state index is -0.404. The fourth-order valence-corrected chi connectivity index (χ4v) is 3.27. The Bertz CT molecular complexity index is 1300. The molecule has 0 spiro atoms. The number of hydrogen-bond acceptors (Lipinski definition) is 3. The number of fused-ring (bicyclic) bond motifs is 1. The minimum Gasteiger partial charge on any atom is -0.337 e. The lowest BCUT2D eigenvalue weighted by Gasteiger charge is -2.13. The summed E-state index contributed by atoms with van der Waals surface area (Å²) in [6.07, 6.45) is 1.42. The van der Waals surface area contributed by atoms with Crippen LogP contribution in [0.25, 0.3) is 10.9 Å². The van der Waals surface area contributed by atoms with Crippen molar-refractivity contribution in [2.45, 2.75) is 6.54 Å². The van der Waals surface area contributed by atoms with Crippen molar-refractivity contribution < 1.29 is 14.0 Å². The van der Waals surface area contributed by atoms with E-state index in [-0.39, 0.29) is 23.4 Å². The lowest BCUT2D eigenvalue weighted by Crippen LogP contribution is -2.24. The zero-order valence-corrected chi connectivity index (χ0v) is 15.8. The Morgan fingerprint density at radius 1 is 0.867 bits per heavy atom. The molecule has 1 amide bonds. The topological polar surface area (TPSA) is 68.2 Å². The highest BCUT2D eigenvalue weighted by molar-refractivity contribution is 6.10. The molecule has 4 aromatic rings. The number of nitrogens with zero attached hydrogens (tertiary/aromatic N) is 1. The first-order chi connectivity index (χ1) is 14.5. The van der Waals surface area contributed by atoms with Crippen LogP contribution in [0.5, 0.6) is 0 Å². The SMILES string of the molecule is O=C(Cn1cc(C(=O)c2ccccc2)c(=O)c2ccccc21)Nc1ccc(F)cc1. The van der Waals surface area contributed by atoms with Gasteiger partial charge < -0.3 is 9.88 Å². The highest BCUT2D eigenvalue weighted by atomic mass is 19.1.